The first-order chi connectivity index (χ1) is 13.9. The van der Waals surface area contributed by atoms with Crippen LogP contribution in [-0.4, -0.2) is 40.6 Å². The van der Waals surface area contributed by atoms with E-state index in [1.807, 2.05) is 0 Å². The third-order valence-electron chi connectivity index (χ3n) is 4.58. The number of rotatable bonds is 6. The molecule has 0 radical (unpaired) electrons. The highest BCUT2D eigenvalue weighted by Crippen LogP contribution is 2.37. The van der Waals surface area contributed by atoms with Gasteiger partial charge in [-0.05, 0) is 38.0 Å². The van der Waals surface area contributed by atoms with Crippen LogP contribution in [0.1, 0.15) is 19.8 Å². The molecule has 1 aliphatic rings. The second-order valence-electron chi connectivity index (χ2n) is 6.41. The average molecular weight is 440 g/mol. The number of carbonyl (C=O) groups excluding carboxylic acids is 1. The fourth-order valence-corrected chi connectivity index (χ4v) is 3.62. The quantitative estimate of drug-likeness (QED) is 0.404. The van der Waals surface area contributed by atoms with Crippen molar-refractivity contribution in [2.24, 2.45) is 5.92 Å². The van der Waals surface area contributed by atoms with E-state index < -0.39 is 4.92 Å². The van der Waals surface area contributed by atoms with Gasteiger partial charge in [0.1, 0.15) is 6.33 Å². The molecule has 11 heteroatoms. The predicted octanol–water partition coefficient (Wildman–Crippen LogP) is 4.21. The third kappa shape index (κ3) is 4.86. The maximum absolute atomic E-state index is 11.9. The Balaban J connectivity index is 1.84. The minimum absolute atomic E-state index is 0.0248. The van der Waals surface area contributed by atoms with Crippen LogP contribution in [0.25, 0.3) is 0 Å². The van der Waals surface area contributed by atoms with Crippen molar-refractivity contribution in [2.45, 2.75) is 19.8 Å². The molecule has 0 atom stereocenters. The number of esters is 1. The highest BCUT2D eigenvalue weighted by molar-refractivity contribution is 6.36. The summed E-state index contributed by atoms with van der Waals surface area (Å²) in [4.78, 5) is 33.1. The van der Waals surface area contributed by atoms with Gasteiger partial charge in [-0.3, -0.25) is 14.9 Å². The summed E-state index contributed by atoms with van der Waals surface area (Å²) >= 11 is 12.1. The zero-order valence-corrected chi connectivity index (χ0v) is 17.1. The highest BCUT2D eigenvalue weighted by Gasteiger charge is 2.32. The zero-order valence-electron chi connectivity index (χ0n) is 15.6. The van der Waals surface area contributed by atoms with Gasteiger partial charge in [-0.15, -0.1) is 0 Å². The average Bonchev–Trinajstić information content (AvgIpc) is 2.70. The topological polar surface area (TPSA) is 110 Å². The summed E-state index contributed by atoms with van der Waals surface area (Å²) in [6, 6.07) is 4.75. The molecule has 1 N–H and O–H groups in total. The molecule has 1 saturated heterocycles. The Kier molecular flexibility index (Phi) is 6.71. The number of ether oxygens (including phenoxy) is 1. The minimum atomic E-state index is -0.529. The lowest BCUT2D eigenvalue weighted by Gasteiger charge is -2.31. The Morgan fingerprint density at radius 1 is 1.34 bits per heavy atom. The van der Waals surface area contributed by atoms with Crippen molar-refractivity contribution in [3.8, 4) is 0 Å². The van der Waals surface area contributed by atoms with E-state index in [0.717, 1.165) is 0 Å². The van der Waals surface area contributed by atoms with Crippen LogP contribution in [0.3, 0.4) is 0 Å². The molecular weight excluding hydrogens is 421 g/mol. The van der Waals surface area contributed by atoms with Crippen molar-refractivity contribution in [1.82, 2.24) is 9.97 Å². The van der Waals surface area contributed by atoms with E-state index in [4.69, 9.17) is 27.9 Å². The summed E-state index contributed by atoms with van der Waals surface area (Å²) in [6.45, 7) is 2.99. The van der Waals surface area contributed by atoms with Crippen LogP contribution in [0.5, 0.6) is 0 Å². The number of nitrogens with one attached hydrogen (secondary N) is 1. The van der Waals surface area contributed by atoms with Gasteiger partial charge in [0.25, 0.3) is 0 Å². The van der Waals surface area contributed by atoms with Crippen LogP contribution >= 0.6 is 23.2 Å². The van der Waals surface area contributed by atoms with E-state index in [1.165, 1.54) is 12.4 Å². The molecule has 0 unspecified atom stereocenters. The van der Waals surface area contributed by atoms with Crippen molar-refractivity contribution < 1.29 is 14.5 Å². The maximum atomic E-state index is 11.9. The monoisotopic (exact) mass is 439 g/mol. The van der Waals surface area contributed by atoms with Crippen LogP contribution in [0, 0.1) is 16.0 Å². The molecule has 0 bridgehead atoms. The number of anilines is 3. The normalized spacial score (nSPS) is 14.5. The number of nitrogens with zero attached hydrogens (tertiary/aromatic N) is 4. The molecule has 1 fully saturated rings. The summed E-state index contributed by atoms with van der Waals surface area (Å²) in [5, 5.41) is 15.4. The molecule has 1 aromatic carbocycles. The molecule has 154 valence electrons. The van der Waals surface area contributed by atoms with Gasteiger partial charge in [0.2, 0.25) is 11.6 Å². The van der Waals surface area contributed by atoms with Gasteiger partial charge in [0.15, 0.2) is 0 Å². The second-order valence-corrected chi connectivity index (χ2v) is 7.26. The number of hydrogen-bond donors (Lipinski definition) is 1. The Hall–Kier alpha value is -2.65. The number of benzene rings is 1. The number of aromatic nitrogens is 2. The first-order valence-electron chi connectivity index (χ1n) is 9.03. The maximum Gasteiger partial charge on any atom is 0.353 e. The lowest BCUT2D eigenvalue weighted by atomic mass is 9.97. The van der Waals surface area contributed by atoms with Crippen molar-refractivity contribution in [1.29, 1.82) is 0 Å². The smallest absolute Gasteiger partial charge is 0.353 e. The molecule has 3 rings (SSSR count). The summed E-state index contributed by atoms with van der Waals surface area (Å²) < 4.78 is 5.07. The summed E-state index contributed by atoms with van der Waals surface area (Å²) in [7, 11) is 0. The van der Waals surface area contributed by atoms with Crippen LogP contribution in [0.2, 0.25) is 10.0 Å². The van der Waals surface area contributed by atoms with Gasteiger partial charge < -0.3 is 15.0 Å². The standard InChI is InChI=1S/C18H19Cl2N5O4/c1-2-29-18(26)11-5-7-24(8-6-11)17-15(25(27)28)16(21-10-22-17)23-14-4-3-12(19)9-13(14)20/h3-4,9-11H,2,5-8H2,1H3,(H,21,22,23). The number of halogens is 2. The summed E-state index contributed by atoms with van der Waals surface area (Å²) in [6.07, 6.45) is 2.32. The molecule has 9 nitrogen and oxygen atoms in total. The van der Waals surface area contributed by atoms with Crippen molar-refractivity contribution in [3.63, 3.8) is 0 Å². The number of piperidine rings is 1. The molecule has 2 aromatic rings. The van der Waals surface area contributed by atoms with Crippen LogP contribution < -0.4 is 10.2 Å². The van der Waals surface area contributed by atoms with E-state index in [9.17, 15) is 14.9 Å². The molecule has 0 amide bonds. The van der Waals surface area contributed by atoms with Crippen molar-refractivity contribution in [2.75, 3.05) is 29.9 Å². The Labute approximate surface area is 177 Å². The highest BCUT2D eigenvalue weighted by atomic mass is 35.5. The SMILES string of the molecule is CCOC(=O)C1CCN(c2ncnc(Nc3ccc(Cl)cc3Cl)c2[N+](=O)[O-])CC1. The minimum Gasteiger partial charge on any atom is -0.466 e. The Morgan fingerprint density at radius 2 is 2.07 bits per heavy atom. The summed E-state index contributed by atoms with van der Waals surface area (Å²) in [5.41, 5.74) is 0.179. The predicted molar refractivity (Wildman–Crippen MR) is 110 cm³/mol. The molecule has 2 heterocycles. The number of nitro groups is 1. The van der Waals surface area contributed by atoms with Crippen molar-refractivity contribution >= 4 is 52.2 Å². The molecule has 1 aromatic heterocycles. The molecule has 0 saturated carbocycles. The molecule has 1 aliphatic heterocycles. The van der Waals surface area contributed by atoms with Crippen LogP contribution in [0.15, 0.2) is 24.5 Å². The Bertz CT molecular complexity index is 919. The fraction of sp³-hybridized carbons (Fsp3) is 0.389. The largest absolute Gasteiger partial charge is 0.466 e. The summed E-state index contributed by atoms with van der Waals surface area (Å²) in [5.74, 6) is -0.224. The first-order valence-corrected chi connectivity index (χ1v) is 9.79. The van der Waals surface area contributed by atoms with Gasteiger partial charge in [-0.25, -0.2) is 9.97 Å². The van der Waals surface area contributed by atoms with E-state index in [1.54, 1.807) is 24.0 Å². The van der Waals surface area contributed by atoms with Crippen molar-refractivity contribution in [3.05, 3.63) is 44.7 Å². The van der Waals surface area contributed by atoms with E-state index in [2.05, 4.69) is 15.3 Å². The molecule has 0 aliphatic carbocycles. The van der Waals surface area contributed by atoms with Crippen LogP contribution in [-0.2, 0) is 9.53 Å². The lowest BCUT2D eigenvalue weighted by Crippen LogP contribution is -2.37. The fourth-order valence-electron chi connectivity index (χ4n) is 3.17. The number of hydrogen-bond acceptors (Lipinski definition) is 8. The lowest BCUT2D eigenvalue weighted by molar-refractivity contribution is -0.383. The second kappa shape index (κ2) is 9.23. The van der Waals surface area contributed by atoms with Gasteiger partial charge >= 0.3 is 11.7 Å². The number of carbonyl (C=O) groups is 1. The molecule has 29 heavy (non-hydrogen) atoms. The Morgan fingerprint density at radius 3 is 2.69 bits per heavy atom. The van der Waals surface area contributed by atoms with E-state index in [0.29, 0.717) is 48.3 Å². The van der Waals surface area contributed by atoms with E-state index in [-0.39, 0.29) is 29.2 Å². The van der Waals surface area contributed by atoms with Gasteiger partial charge in [0.05, 0.1) is 28.2 Å². The van der Waals surface area contributed by atoms with Gasteiger partial charge in [-0.1, -0.05) is 23.2 Å². The third-order valence-corrected chi connectivity index (χ3v) is 5.13. The zero-order chi connectivity index (χ0) is 21.0. The molecular formula is C18H19Cl2N5O4. The van der Waals surface area contributed by atoms with E-state index >= 15 is 0 Å². The van der Waals surface area contributed by atoms with Gasteiger partial charge in [-0.2, -0.15) is 0 Å². The van der Waals surface area contributed by atoms with Gasteiger partial charge in [0, 0.05) is 18.1 Å². The first kappa shape index (κ1) is 21.1. The van der Waals surface area contributed by atoms with Crippen LogP contribution in [0.4, 0.5) is 23.0 Å². The molecule has 0 spiro atoms.